The molecule has 146 valence electrons. The second-order valence-electron chi connectivity index (χ2n) is 7.36. The number of furan rings is 1. The van der Waals surface area contributed by atoms with Crippen molar-refractivity contribution in [3.63, 3.8) is 0 Å². The molecule has 2 aliphatic rings. The summed E-state index contributed by atoms with van der Waals surface area (Å²) in [7, 11) is 0. The Hall–Kier alpha value is -2.92. The van der Waals surface area contributed by atoms with Gasteiger partial charge in [0, 0.05) is 31.1 Å². The van der Waals surface area contributed by atoms with Crippen molar-refractivity contribution in [2.45, 2.75) is 31.3 Å². The first kappa shape index (κ1) is 18.4. The number of carbonyl (C=O) groups is 2. The molecule has 28 heavy (non-hydrogen) atoms. The van der Waals surface area contributed by atoms with Gasteiger partial charge >= 0.3 is 0 Å². The Morgan fingerprint density at radius 2 is 2.18 bits per heavy atom. The number of nitriles is 1. The van der Waals surface area contributed by atoms with E-state index in [4.69, 9.17) is 9.68 Å². The molecule has 2 amide bonds. The molecule has 4 rings (SSSR count). The maximum absolute atomic E-state index is 13.5. The van der Waals surface area contributed by atoms with Gasteiger partial charge in [0.25, 0.3) is 5.91 Å². The minimum absolute atomic E-state index is 0.0349. The number of hydrogen-bond acceptors (Lipinski definition) is 5. The molecular weight excluding hydrogens is 363 g/mol. The Bertz CT molecular complexity index is 951. The number of amides is 2. The van der Waals surface area contributed by atoms with Crippen molar-refractivity contribution in [2.75, 3.05) is 26.2 Å². The van der Waals surface area contributed by atoms with E-state index in [-0.39, 0.29) is 30.4 Å². The topological polar surface area (TPSA) is 89.6 Å². The number of likely N-dealkylation sites (tertiary alicyclic amines) is 2. The van der Waals surface area contributed by atoms with Crippen molar-refractivity contribution in [1.82, 2.24) is 15.1 Å². The zero-order chi connectivity index (χ0) is 19.7. The SMILES string of the molecule is N#C[C@@H]1CCCN1C(=O)CN1CC[C@H](NC(=O)c2coc3ccc(F)cc23)C1. The Kier molecular flexibility index (Phi) is 5.01. The number of fused-ring (bicyclic) bond motifs is 1. The van der Waals surface area contributed by atoms with E-state index < -0.39 is 5.82 Å². The third-order valence-corrected chi connectivity index (χ3v) is 5.47. The average Bonchev–Trinajstić information content (AvgIpc) is 3.40. The fourth-order valence-electron chi connectivity index (χ4n) is 4.02. The summed E-state index contributed by atoms with van der Waals surface area (Å²) in [5.41, 5.74) is 0.765. The summed E-state index contributed by atoms with van der Waals surface area (Å²) in [6.45, 7) is 2.15. The summed E-state index contributed by atoms with van der Waals surface area (Å²) in [6.07, 6.45) is 3.66. The van der Waals surface area contributed by atoms with Gasteiger partial charge in [-0.3, -0.25) is 14.5 Å². The Morgan fingerprint density at radius 3 is 3.00 bits per heavy atom. The van der Waals surface area contributed by atoms with Gasteiger partial charge in [0.2, 0.25) is 5.91 Å². The second kappa shape index (κ2) is 7.60. The lowest BCUT2D eigenvalue weighted by molar-refractivity contribution is -0.132. The van der Waals surface area contributed by atoms with Gasteiger partial charge in [0.1, 0.15) is 23.7 Å². The maximum atomic E-state index is 13.5. The van der Waals surface area contributed by atoms with Crippen LogP contribution >= 0.6 is 0 Å². The second-order valence-corrected chi connectivity index (χ2v) is 7.36. The molecule has 1 aromatic carbocycles. The number of nitrogens with zero attached hydrogens (tertiary/aromatic N) is 3. The molecule has 2 saturated heterocycles. The molecule has 0 radical (unpaired) electrons. The zero-order valence-corrected chi connectivity index (χ0v) is 15.4. The number of nitrogens with one attached hydrogen (secondary N) is 1. The number of rotatable bonds is 4. The van der Waals surface area contributed by atoms with E-state index in [1.807, 2.05) is 4.90 Å². The van der Waals surface area contributed by atoms with Crippen LogP contribution in [0.15, 0.2) is 28.9 Å². The van der Waals surface area contributed by atoms with Crippen LogP contribution in [0.25, 0.3) is 11.0 Å². The van der Waals surface area contributed by atoms with Crippen LogP contribution in [0.3, 0.4) is 0 Å². The third-order valence-electron chi connectivity index (χ3n) is 5.47. The smallest absolute Gasteiger partial charge is 0.255 e. The average molecular weight is 384 g/mol. The first-order chi connectivity index (χ1) is 13.5. The van der Waals surface area contributed by atoms with Crippen LogP contribution in [0.5, 0.6) is 0 Å². The molecule has 0 bridgehead atoms. The highest BCUT2D eigenvalue weighted by Gasteiger charge is 2.32. The van der Waals surface area contributed by atoms with Gasteiger partial charge in [-0.05, 0) is 37.5 Å². The fraction of sp³-hybridized carbons (Fsp3) is 0.450. The van der Waals surface area contributed by atoms with Crippen LogP contribution in [-0.2, 0) is 4.79 Å². The van der Waals surface area contributed by atoms with Crippen LogP contribution in [0.1, 0.15) is 29.6 Å². The molecule has 8 heteroatoms. The van der Waals surface area contributed by atoms with Gasteiger partial charge in [0.05, 0.1) is 18.2 Å². The van der Waals surface area contributed by atoms with Crippen LogP contribution in [-0.4, -0.2) is 59.9 Å². The lowest BCUT2D eigenvalue weighted by Gasteiger charge is -2.23. The largest absolute Gasteiger partial charge is 0.463 e. The predicted octanol–water partition coefficient (Wildman–Crippen LogP) is 1.89. The fourth-order valence-corrected chi connectivity index (χ4v) is 4.02. The molecule has 1 aromatic heterocycles. The van der Waals surface area contributed by atoms with E-state index in [1.54, 1.807) is 4.90 Å². The molecule has 0 spiro atoms. The molecule has 0 saturated carbocycles. The molecule has 2 aromatic rings. The van der Waals surface area contributed by atoms with Crippen molar-refractivity contribution in [3.8, 4) is 6.07 Å². The summed E-state index contributed by atoms with van der Waals surface area (Å²) in [5.74, 6) is -0.773. The normalized spacial score (nSPS) is 22.5. The number of benzene rings is 1. The van der Waals surface area contributed by atoms with Crippen molar-refractivity contribution < 1.29 is 18.4 Å². The summed E-state index contributed by atoms with van der Waals surface area (Å²) in [4.78, 5) is 28.7. The summed E-state index contributed by atoms with van der Waals surface area (Å²) in [6, 6.07) is 5.84. The van der Waals surface area contributed by atoms with Gasteiger partial charge in [-0.2, -0.15) is 5.26 Å². The minimum atomic E-state index is -0.425. The summed E-state index contributed by atoms with van der Waals surface area (Å²) in [5, 5.41) is 12.5. The van der Waals surface area contributed by atoms with Crippen molar-refractivity contribution in [3.05, 3.63) is 35.8 Å². The Morgan fingerprint density at radius 1 is 1.32 bits per heavy atom. The van der Waals surface area contributed by atoms with Crippen LogP contribution in [0, 0.1) is 17.1 Å². The lowest BCUT2D eigenvalue weighted by atomic mass is 10.1. The highest BCUT2D eigenvalue weighted by molar-refractivity contribution is 6.06. The monoisotopic (exact) mass is 384 g/mol. The number of hydrogen-bond donors (Lipinski definition) is 1. The molecule has 0 unspecified atom stereocenters. The first-order valence-electron chi connectivity index (χ1n) is 9.44. The summed E-state index contributed by atoms with van der Waals surface area (Å²) >= 11 is 0. The zero-order valence-electron chi connectivity index (χ0n) is 15.4. The highest BCUT2D eigenvalue weighted by atomic mass is 19.1. The number of halogens is 1. The van der Waals surface area contributed by atoms with E-state index in [1.165, 1.54) is 24.5 Å². The van der Waals surface area contributed by atoms with E-state index >= 15 is 0 Å². The highest BCUT2D eigenvalue weighted by Crippen LogP contribution is 2.23. The van der Waals surface area contributed by atoms with Gasteiger partial charge in [-0.15, -0.1) is 0 Å². The molecule has 7 nitrogen and oxygen atoms in total. The molecule has 2 aliphatic heterocycles. The molecule has 0 aliphatic carbocycles. The van der Waals surface area contributed by atoms with Crippen LogP contribution in [0.2, 0.25) is 0 Å². The lowest BCUT2D eigenvalue weighted by Crippen LogP contribution is -2.43. The van der Waals surface area contributed by atoms with E-state index in [2.05, 4.69) is 11.4 Å². The van der Waals surface area contributed by atoms with Crippen molar-refractivity contribution >= 4 is 22.8 Å². The number of carbonyl (C=O) groups excluding carboxylic acids is 2. The van der Waals surface area contributed by atoms with Crippen molar-refractivity contribution in [1.29, 1.82) is 5.26 Å². The first-order valence-corrected chi connectivity index (χ1v) is 9.44. The maximum Gasteiger partial charge on any atom is 0.255 e. The molecule has 2 atom stereocenters. The Balaban J connectivity index is 1.34. The van der Waals surface area contributed by atoms with E-state index in [9.17, 15) is 14.0 Å². The molecule has 2 fully saturated rings. The molecule has 1 N–H and O–H groups in total. The van der Waals surface area contributed by atoms with E-state index in [0.717, 1.165) is 19.3 Å². The van der Waals surface area contributed by atoms with Crippen LogP contribution in [0.4, 0.5) is 4.39 Å². The Labute approximate surface area is 161 Å². The quantitative estimate of drug-likeness (QED) is 0.870. The minimum Gasteiger partial charge on any atom is -0.463 e. The standard InChI is InChI=1S/C20H21FN4O3/c21-13-3-4-18-16(8-13)17(12-28-18)20(27)23-14-5-7-24(10-14)11-19(26)25-6-1-2-15(25)9-22/h3-4,8,12,14-15H,1-2,5-7,10-11H2,(H,23,27)/t14-,15-/m0/s1. The van der Waals surface area contributed by atoms with Gasteiger partial charge in [0.15, 0.2) is 0 Å². The summed E-state index contributed by atoms with van der Waals surface area (Å²) < 4.78 is 18.8. The van der Waals surface area contributed by atoms with Crippen LogP contribution < -0.4 is 5.32 Å². The van der Waals surface area contributed by atoms with Gasteiger partial charge in [-0.25, -0.2) is 4.39 Å². The molecule has 3 heterocycles. The molecular formula is C20H21FN4O3. The van der Waals surface area contributed by atoms with Gasteiger partial charge < -0.3 is 14.6 Å². The predicted molar refractivity (Wildman–Crippen MR) is 98.8 cm³/mol. The third kappa shape index (κ3) is 3.58. The van der Waals surface area contributed by atoms with E-state index in [0.29, 0.717) is 36.2 Å². The van der Waals surface area contributed by atoms with Crippen molar-refractivity contribution in [2.24, 2.45) is 0 Å². The van der Waals surface area contributed by atoms with Gasteiger partial charge in [-0.1, -0.05) is 0 Å².